The van der Waals surface area contributed by atoms with Gasteiger partial charge in [0.15, 0.2) is 0 Å². The molecule has 1 aromatic rings. The van der Waals surface area contributed by atoms with Crippen molar-refractivity contribution in [2.45, 2.75) is 59.9 Å². The van der Waals surface area contributed by atoms with E-state index in [0.29, 0.717) is 12.2 Å². The molecule has 0 saturated heterocycles. The van der Waals surface area contributed by atoms with E-state index in [4.69, 9.17) is 0 Å². The van der Waals surface area contributed by atoms with E-state index in [0.717, 1.165) is 19.3 Å². The van der Waals surface area contributed by atoms with E-state index in [9.17, 15) is 14.4 Å². The number of aryl methyl sites for hydroxylation is 1. The molecule has 1 aromatic heterocycles. The van der Waals surface area contributed by atoms with Gasteiger partial charge in [0.1, 0.15) is 0 Å². The third-order valence-electron chi connectivity index (χ3n) is 4.89. The molecule has 2 amide bonds. The quantitative estimate of drug-likeness (QED) is 0.597. The molecule has 0 aliphatic heterocycles. The Morgan fingerprint density at radius 1 is 1.30 bits per heavy atom. The van der Waals surface area contributed by atoms with E-state index in [2.05, 4.69) is 46.7 Å². The molecule has 1 aliphatic rings. The maximum absolute atomic E-state index is 12.2. The summed E-state index contributed by atoms with van der Waals surface area (Å²) in [6, 6.07) is 1.54. The number of H-pyrrole nitrogens is 1. The minimum atomic E-state index is -0.391. The second kappa shape index (κ2) is 8.21. The molecule has 0 radical (unpaired) electrons. The maximum atomic E-state index is 12.2. The summed E-state index contributed by atoms with van der Waals surface area (Å²) in [6.07, 6.45) is 2.85. The monoisotopic (exact) mass is 377 g/mol. The van der Waals surface area contributed by atoms with Crippen molar-refractivity contribution in [1.82, 2.24) is 20.6 Å². The first-order valence-corrected chi connectivity index (χ1v) is 9.32. The number of rotatable bonds is 6. The number of nitrogens with one attached hydrogen (secondary N) is 4. The molecular weight excluding hydrogens is 346 g/mol. The van der Waals surface area contributed by atoms with Gasteiger partial charge in [0.05, 0.1) is 6.54 Å². The first kappa shape index (κ1) is 21.1. The van der Waals surface area contributed by atoms with Crippen LogP contribution in [0.3, 0.4) is 0 Å². The fourth-order valence-electron chi connectivity index (χ4n) is 4.30. The number of amides is 2. The normalized spacial score (nSPS) is 24.3. The highest BCUT2D eigenvalue weighted by Crippen LogP contribution is 2.45. The molecule has 1 saturated carbocycles. The maximum Gasteiger partial charge on any atom is 0.274 e. The van der Waals surface area contributed by atoms with Crippen LogP contribution in [0.15, 0.2) is 10.9 Å². The molecule has 8 nitrogen and oxygen atoms in total. The predicted molar refractivity (Wildman–Crippen MR) is 104 cm³/mol. The predicted octanol–water partition coefficient (Wildman–Crippen LogP) is 1.33. The third kappa shape index (κ3) is 6.78. The molecule has 4 N–H and O–H groups in total. The second-order valence-electron chi connectivity index (χ2n) is 8.85. The molecule has 8 heteroatoms. The van der Waals surface area contributed by atoms with Crippen LogP contribution in [0.5, 0.6) is 0 Å². The van der Waals surface area contributed by atoms with Crippen LogP contribution in [-0.4, -0.2) is 40.9 Å². The lowest BCUT2D eigenvalue weighted by atomic mass is 9.62. The zero-order chi connectivity index (χ0) is 20.2. The van der Waals surface area contributed by atoms with E-state index in [1.54, 1.807) is 6.92 Å². The Labute approximate surface area is 159 Å². The van der Waals surface area contributed by atoms with Crippen molar-refractivity contribution >= 4 is 17.8 Å². The summed E-state index contributed by atoms with van der Waals surface area (Å²) in [5, 5.41) is 8.88. The molecule has 2 rings (SSSR count). The van der Waals surface area contributed by atoms with Gasteiger partial charge in [-0.1, -0.05) is 20.8 Å². The van der Waals surface area contributed by atoms with E-state index in [1.807, 2.05) is 0 Å². The Hall–Kier alpha value is -2.22. The standard InChI is InChI=1S/C19H31N5O3/c1-12-6-15(26)23-17(22-12)24-16(27)9-20-14-7-18(3,4)10-19(5,8-14)11-21-13(2)25/h6,14,20H,7-11H2,1-5H3,(H,21,25)(H2,22,23,24,26,27). The molecule has 1 fully saturated rings. The van der Waals surface area contributed by atoms with Gasteiger partial charge in [0.25, 0.3) is 5.56 Å². The lowest BCUT2D eigenvalue weighted by Gasteiger charge is -2.47. The first-order valence-electron chi connectivity index (χ1n) is 9.32. The fourth-order valence-corrected chi connectivity index (χ4v) is 4.30. The molecule has 1 heterocycles. The molecule has 2 atom stereocenters. The highest BCUT2D eigenvalue weighted by Gasteiger charge is 2.41. The molecule has 0 spiro atoms. The summed E-state index contributed by atoms with van der Waals surface area (Å²) < 4.78 is 0. The molecule has 2 unspecified atom stereocenters. The number of carbonyl (C=O) groups excluding carboxylic acids is 2. The van der Waals surface area contributed by atoms with Crippen molar-refractivity contribution in [3.05, 3.63) is 22.1 Å². The van der Waals surface area contributed by atoms with Crippen molar-refractivity contribution in [2.75, 3.05) is 18.4 Å². The van der Waals surface area contributed by atoms with Gasteiger partial charge in [-0.05, 0) is 37.0 Å². The van der Waals surface area contributed by atoms with Crippen LogP contribution in [0.4, 0.5) is 5.95 Å². The van der Waals surface area contributed by atoms with Gasteiger partial charge in [0.2, 0.25) is 17.8 Å². The zero-order valence-corrected chi connectivity index (χ0v) is 16.9. The second-order valence-corrected chi connectivity index (χ2v) is 8.85. The third-order valence-corrected chi connectivity index (χ3v) is 4.89. The van der Waals surface area contributed by atoms with Gasteiger partial charge in [0, 0.05) is 31.3 Å². The summed E-state index contributed by atoms with van der Waals surface area (Å²) in [4.78, 5) is 41.5. The molecule has 1 aliphatic carbocycles. The van der Waals surface area contributed by atoms with Gasteiger partial charge in [-0.2, -0.15) is 4.98 Å². The molecule has 0 aromatic carbocycles. The van der Waals surface area contributed by atoms with Crippen LogP contribution in [-0.2, 0) is 9.59 Å². The average molecular weight is 377 g/mol. The summed E-state index contributed by atoms with van der Waals surface area (Å²) >= 11 is 0. The minimum Gasteiger partial charge on any atom is -0.356 e. The number of anilines is 1. The highest BCUT2D eigenvalue weighted by molar-refractivity contribution is 5.90. The van der Waals surface area contributed by atoms with E-state index in [1.165, 1.54) is 13.0 Å². The molecule has 150 valence electrons. The Morgan fingerprint density at radius 2 is 2.00 bits per heavy atom. The van der Waals surface area contributed by atoms with Crippen molar-refractivity contribution in [3.63, 3.8) is 0 Å². The van der Waals surface area contributed by atoms with Crippen molar-refractivity contribution in [1.29, 1.82) is 0 Å². The fraction of sp³-hybridized carbons (Fsp3) is 0.684. The van der Waals surface area contributed by atoms with E-state index < -0.39 is 5.56 Å². The smallest absolute Gasteiger partial charge is 0.274 e. The highest BCUT2D eigenvalue weighted by atomic mass is 16.2. The zero-order valence-electron chi connectivity index (χ0n) is 16.9. The summed E-state index contributed by atoms with van der Waals surface area (Å²) in [7, 11) is 0. The van der Waals surface area contributed by atoms with E-state index >= 15 is 0 Å². The van der Waals surface area contributed by atoms with E-state index in [-0.39, 0.29) is 41.2 Å². The number of aromatic amines is 1. The lowest BCUT2D eigenvalue weighted by Crippen LogP contribution is -2.50. The van der Waals surface area contributed by atoms with Crippen LogP contribution in [0.25, 0.3) is 0 Å². The number of hydrogen-bond acceptors (Lipinski definition) is 5. The Balaban J connectivity index is 1.93. The van der Waals surface area contributed by atoms with Crippen molar-refractivity contribution in [3.8, 4) is 0 Å². The molecular formula is C19H31N5O3. The number of carbonyl (C=O) groups is 2. The van der Waals surface area contributed by atoms with Crippen LogP contribution in [0.2, 0.25) is 0 Å². The van der Waals surface area contributed by atoms with Gasteiger partial charge in [-0.15, -0.1) is 0 Å². The van der Waals surface area contributed by atoms with Crippen LogP contribution >= 0.6 is 0 Å². The Kier molecular flexibility index (Phi) is 6.41. The summed E-state index contributed by atoms with van der Waals surface area (Å²) in [6.45, 7) is 10.6. The minimum absolute atomic E-state index is 0.0229. The van der Waals surface area contributed by atoms with Gasteiger partial charge >= 0.3 is 0 Å². The Morgan fingerprint density at radius 3 is 2.63 bits per heavy atom. The van der Waals surface area contributed by atoms with Gasteiger partial charge in [-0.3, -0.25) is 19.7 Å². The Bertz CT molecular complexity index is 758. The van der Waals surface area contributed by atoms with Crippen LogP contribution < -0.4 is 21.5 Å². The van der Waals surface area contributed by atoms with Crippen molar-refractivity contribution in [2.24, 2.45) is 10.8 Å². The first-order chi connectivity index (χ1) is 12.5. The topological polar surface area (TPSA) is 116 Å². The summed E-state index contributed by atoms with van der Waals surface area (Å²) in [5.41, 5.74) is 0.340. The summed E-state index contributed by atoms with van der Waals surface area (Å²) in [5.74, 6) is -0.120. The van der Waals surface area contributed by atoms with Gasteiger partial charge in [-0.25, -0.2) is 0 Å². The number of aromatic nitrogens is 2. The largest absolute Gasteiger partial charge is 0.356 e. The molecule has 0 bridgehead atoms. The lowest BCUT2D eigenvalue weighted by molar-refractivity contribution is -0.119. The number of nitrogens with zero attached hydrogens (tertiary/aromatic N) is 1. The SMILES string of the molecule is CC(=O)NCC1(C)CC(NCC(=O)Nc2nc(=O)cc(C)[nH]2)CC(C)(C)C1. The van der Waals surface area contributed by atoms with Gasteiger partial charge < -0.3 is 15.6 Å². The number of hydrogen-bond donors (Lipinski definition) is 4. The average Bonchev–Trinajstić information content (AvgIpc) is 2.48. The van der Waals surface area contributed by atoms with Crippen LogP contribution in [0, 0.1) is 17.8 Å². The van der Waals surface area contributed by atoms with Crippen LogP contribution in [0.1, 0.15) is 52.7 Å². The van der Waals surface area contributed by atoms with Crippen molar-refractivity contribution < 1.29 is 9.59 Å². The molecule has 27 heavy (non-hydrogen) atoms.